The molecule has 0 aromatic carbocycles. The van der Waals surface area contributed by atoms with E-state index in [4.69, 9.17) is 4.42 Å². The Morgan fingerprint density at radius 1 is 1.08 bits per heavy atom. The molecule has 0 aliphatic carbocycles. The molecule has 0 atom stereocenters. The SMILES string of the molecule is C(=Cc1ncco1)c1ccncc1. The standard InChI is InChI=1S/C10H8N2O/c1(2-10-12-7-8-13-10)9-3-5-11-6-4-9/h1-8H. The Kier molecular flexibility index (Phi) is 2.18. The first kappa shape index (κ1) is 7.73. The summed E-state index contributed by atoms with van der Waals surface area (Å²) < 4.78 is 5.04. The summed E-state index contributed by atoms with van der Waals surface area (Å²) in [6, 6.07) is 3.83. The normalized spacial score (nSPS) is 10.8. The Labute approximate surface area is 75.8 Å². The summed E-state index contributed by atoms with van der Waals surface area (Å²) >= 11 is 0. The first-order valence-corrected chi connectivity index (χ1v) is 3.93. The molecule has 0 fully saturated rings. The van der Waals surface area contributed by atoms with Crippen LogP contribution in [0.15, 0.2) is 41.4 Å². The van der Waals surface area contributed by atoms with E-state index >= 15 is 0 Å². The second kappa shape index (κ2) is 3.67. The summed E-state index contributed by atoms with van der Waals surface area (Å²) in [7, 11) is 0. The predicted octanol–water partition coefficient (Wildman–Crippen LogP) is 2.24. The van der Waals surface area contributed by atoms with E-state index in [0.717, 1.165) is 5.56 Å². The van der Waals surface area contributed by atoms with Crippen LogP contribution in [0, 0.1) is 0 Å². The Morgan fingerprint density at radius 3 is 2.62 bits per heavy atom. The van der Waals surface area contributed by atoms with Crippen LogP contribution in [0.5, 0.6) is 0 Å². The van der Waals surface area contributed by atoms with Gasteiger partial charge in [0.15, 0.2) is 0 Å². The minimum atomic E-state index is 0.608. The summed E-state index contributed by atoms with van der Waals surface area (Å²) in [6.07, 6.45) is 10.4. The van der Waals surface area contributed by atoms with Gasteiger partial charge in [0.1, 0.15) is 6.26 Å². The Balaban J connectivity index is 2.15. The summed E-state index contributed by atoms with van der Waals surface area (Å²) in [4.78, 5) is 7.88. The molecule has 64 valence electrons. The van der Waals surface area contributed by atoms with Gasteiger partial charge in [0.05, 0.1) is 6.20 Å². The lowest BCUT2D eigenvalue weighted by atomic mass is 10.2. The van der Waals surface area contributed by atoms with Crippen molar-refractivity contribution in [3.05, 3.63) is 48.4 Å². The van der Waals surface area contributed by atoms with Crippen LogP contribution in [0.3, 0.4) is 0 Å². The lowest BCUT2D eigenvalue weighted by molar-refractivity contribution is 0.547. The molecule has 0 aliphatic rings. The molecular weight excluding hydrogens is 164 g/mol. The van der Waals surface area contributed by atoms with E-state index in [1.165, 1.54) is 0 Å². The molecule has 2 rings (SSSR count). The van der Waals surface area contributed by atoms with E-state index in [1.54, 1.807) is 24.9 Å². The number of rotatable bonds is 2. The average Bonchev–Trinajstić information content (AvgIpc) is 2.69. The number of pyridine rings is 1. The smallest absolute Gasteiger partial charge is 0.218 e. The second-order valence-electron chi connectivity index (χ2n) is 2.48. The zero-order chi connectivity index (χ0) is 8.93. The van der Waals surface area contributed by atoms with Gasteiger partial charge in [-0.05, 0) is 23.8 Å². The fourth-order valence-electron chi connectivity index (χ4n) is 0.959. The van der Waals surface area contributed by atoms with Gasteiger partial charge in [0.25, 0.3) is 0 Å². The molecule has 2 aromatic heterocycles. The number of nitrogens with zero attached hydrogens (tertiary/aromatic N) is 2. The molecule has 13 heavy (non-hydrogen) atoms. The van der Waals surface area contributed by atoms with Gasteiger partial charge in [-0.15, -0.1) is 0 Å². The Bertz CT molecular complexity index is 379. The predicted molar refractivity (Wildman–Crippen MR) is 49.7 cm³/mol. The van der Waals surface area contributed by atoms with Crippen LogP contribution in [-0.4, -0.2) is 9.97 Å². The van der Waals surface area contributed by atoms with E-state index in [9.17, 15) is 0 Å². The van der Waals surface area contributed by atoms with Crippen LogP contribution in [0.25, 0.3) is 12.2 Å². The minimum absolute atomic E-state index is 0.608. The quantitative estimate of drug-likeness (QED) is 0.697. The molecule has 2 aromatic rings. The monoisotopic (exact) mass is 172 g/mol. The number of hydrogen-bond donors (Lipinski definition) is 0. The molecule has 0 amide bonds. The molecule has 0 saturated heterocycles. The second-order valence-corrected chi connectivity index (χ2v) is 2.48. The number of oxazole rings is 1. The summed E-state index contributed by atoms with van der Waals surface area (Å²) in [5.41, 5.74) is 1.08. The third-order valence-electron chi connectivity index (χ3n) is 1.58. The van der Waals surface area contributed by atoms with Crippen molar-refractivity contribution in [2.75, 3.05) is 0 Å². The largest absolute Gasteiger partial charge is 0.445 e. The van der Waals surface area contributed by atoms with Gasteiger partial charge >= 0.3 is 0 Å². The lowest BCUT2D eigenvalue weighted by Gasteiger charge is -1.88. The van der Waals surface area contributed by atoms with Crippen molar-refractivity contribution < 1.29 is 4.42 Å². The third kappa shape index (κ3) is 2.02. The van der Waals surface area contributed by atoms with Gasteiger partial charge < -0.3 is 4.42 Å². The lowest BCUT2D eigenvalue weighted by Crippen LogP contribution is -1.72. The van der Waals surface area contributed by atoms with Crippen molar-refractivity contribution in [2.45, 2.75) is 0 Å². The van der Waals surface area contributed by atoms with Gasteiger partial charge in [0.2, 0.25) is 5.89 Å². The zero-order valence-electron chi connectivity index (χ0n) is 6.92. The van der Waals surface area contributed by atoms with Crippen LogP contribution >= 0.6 is 0 Å². The fraction of sp³-hybridized carbons (Fsp3) is 0. The van der Waals surface area contributed by atoms with Gasteiger partial charge in [0, 0.05) is 18.5 Å². The first-order valence-electron chi connectivity index (χ1n) is 3.93. The topological polar surface area (TPSA) is 38.9 Å². The fourth-order valence-corrected chi connectivity index (χ4v) is 0.959. The molecule has 3 heteroatoms. The highest BCUT2D eigenvalue weighted by atomic mass is 16.3. The van der Waals surface area contributed by atoms with Crippen molar-refractivity contribution in [2.24, 2.45) is 0 Å². The van der Waals surface area contributed by atoms with Gasteiger partial charge in [-0.1, -0.05) is 0 Å². The van der Waals surface area contributed by atoms with Crippen molar-refractivity contribution in [1.29, 1.82) is 0 Å². The highest BCUT2D eigenvalue weighted by molar-refractivity contribution is 5.65. The van der Waals surface area contributed by atoms with Crippen LogP contribution < -0.4 is 0 Å². The van der Waals surface area contributed by atoms with E-state index in [2.05, 4.69) is 9.97 Å². The molecule has 0 radical (unpaired) electrons. The van der Waals surface area contributed by atoms with Crippen LogP contribution in [0.2, 0.25) is 0 Å². The minimum Gasteiger partial charge on any atom is -0.445 e. The maximum atomic E-state index is 5.04. The first-order chi connectivity index (χ1) is 6.45. The van der Waals surface area contributed by atoms with Crippen LogP contribution in [-0.2, 0) is 0 Å². The van der Waals surface area contributed by atoms with Crippen molar-refractivity contribution in [3.63, 3.8) is 0 Å². The maximum Gasteiger partial charge on any atom is 0.218 e. The average molecular weight is 172 g/mol. The van der Waals surface area contributed by atoms with Crippen LogP contribution in [0.4, 0.5) is 0 Å². The van der Waals surface area contributed by atoms with Crippen LogP contribution in [0.1, 0.15) is 11.5 Å². The highest BCUT2D eigenvalue weighted by Gasteiger charge is 1.88. The summed E-state index contributed by atoms with van der Waals surface area (Å²) in [6.45, 7) is 0. The molecular formula is C10H8N2O. The molecule has 0 N–H and O–H groups in total. The third-order valence-corrected chi connectivity index (χ3v) is 1.58. The summed E-state index contributed by atoms with van der Waals surface area (Å²) in [5, 5.41) is 0. The van der Waals surface area contributed by atoms with Gasteiger partial charge in [-0.2, -0.15) is 0 Å². The molecule has 2 heterocycles. The molecule has 0 saturated carbocycles. The van der Waals surface area contributed by atoms with Gasteiger partial charge in [-0.3, -0.25) is 4.98 Å². The van der Waals surface area contributed by atoms with Crippen molar-refractivity contribution in [1.82, 2.24) is 9.97 Å². The molecule has 0 spiro atoms. The van der Waals surface area contributed by atoms with Gasteiger partial charge in [-0.25, -0.2) is 4.98 Å². The molecule has 0 aliphatic heterocycles. The molecule has 0 unspecified atom stereocenters. The highest BCUT2D eigenvalue weighted by Crippen LogP contribution is 2.04. The number of hydrogen-bond acceptors (Lipinski definition) is 3. The van der Waals surface area contributed by atoms with Crippen molar-refractivity contribution >= 4 is 12.2 Å². The molecule has 3 nitrogen and oxygen atoms in total. The van der Waals surface area contributed by atoms with E-state index in [0.29, 0.717) is 5.89 Å². The van der Waals surface area contributed by atoms with Crippen molar-refractivity contribution in [3.8, 4) is 0 Å². The zero-order valence-corrected chi connectivity index (χ0v) is 6.92. The maximum absolute atomic E-state index is 5.04. The number of aromatic nitrogens is 2. The molecule has 0 bridgehead atoms. The van der Waals surface area contributed by atoms with E-state index < -0.39 is 0 Å². The van der Waals surface area contributed by atoms with E-state index in [1.807, 2.05) is 24.3 Å². The van der Waals surface area contributed by atoms with E-state index in [-0.39, 0.29) is 0 Å². The Morgan fingerprint density at radius 2 is 1.92 bits per heavy atom. The summed E-state index contributed by atoms with van der Waals surface area (Å²) in [5.74, 6) is 0.608. The Hall–Kier alpha value is -1.90.